The second-order valence-electron chi connectivity index (χ2n) is 5.51. The molecule has 0 spiro atoms. The Balaban J connectivity index is 1.75. The monoisotopic (exact) mass is 343 g/mol. The fourth-order valence-corrected chi connectivity index (χ4v) is 4.06. The number of anilines is 1. The number of hydrogen-bond acceptors (Lipinski definition) is 6. The van der Waals surface area contributed by atoms with Gasteiger partial charge in [-0.1, -0.05) is 18.2 Å². The lowest BCUT2D eigenvalue weighted by Gasteiger charge is -2.34. The first-order chi connectivity index (χ1) is 11.5. The first-order valence-electron chi connectivity index (χ1n) is 7.56. The van der Waals surface area contributed by atoms with Crippen LogP contribution >= 0.6 is 0 Å². The van der Waals surface area contributed by atoms with Crippen LogP contribution in [0.3, 0.4) is 0 Å². The van der Waals surface area contributed by atoms with Crippen LogP contribution in [0.5, 0.6) is 0 Å². The molecule has 0 saturated carbocycles. The molecule has 7 nitrogen and oxygen atoms in total. The number of nitriles is 1. The maximum absolute atomic E-state index is 12.6. The number of sulfonamides is 1. The van der Waals surface area contributed by atoms with Gasteiger partial charge in [0.15, 0.2) is 0 Å². The lowest BCUT2D eigenvalue weighted by molar-refractivity contribution is 0.382. The first-order valence-corrected chi connectivity index (χ1v) is 9.00. The molecule has 2 aromatic rings. The Morgan fingerprint density at radius 3 is 2.38 bits per heavy atom. The van der Waals surface area contributed by atoms with Crippen molar-refractivity contribution in [2.75, 3.05) is 31.1 Å². The Hall–Kier alpha value is -2.50. The third-order valence-electron chi connectivity index (χ3n) is 3.86. The summed E-state index contributed by atoms with van der Waals surface area (Å²) in [5, 5.41) is 9.01. The molecule has 3 rings (SSSR count). The molecular formula is C16H17N5O2S. The second kappa shape index (κ2) is 6.55. The minimum atomic E-state index is -3.48. The lowest BCUT2D eigenvalue weighted by Crippen LogP contribution is -2.49. The SMILES string of the molecule is Cc1cc(C#N)nc(N2CCN(S(=O)(=O)c3ccccc3)CC2)n1. The van der Waals surface area contributed by atoms with E-state index in [2.05, 4.69) is 9.97 Å². The van der Waals surface area contributed by atoms with Crippen LogP contribution in [0.1, 0.15) is 11.4 Å². The molecule has 0 atom stereocenters. The highest BCUT2D eigenvalue weighted by Gasteiger charge is 2.29. The van der Waals surface area contributed by atoms with Gasteiger partial charge in [-0.15, -0.1) is 0 Å². The van der Waals surface area contributed by atoms with Gasteiger partial charge >= 0.3 is 0 Å². The molecule has 124 valence electrons. The fraction of sp³-hybridized carbons (Fsp3) is 0.312. The third-order valence-corrected chi connectivity index (χ3v) is 5.77. The summed E-state index contributed by atoms with van der Waals surface area (Å²) in [7, 11) is -3.48. The second-order valence-corrected chi connectivity index (χ2v) is 7.45. The van der Waals surface area contributed by atoms with Crippen LogP contribution in [-0.2, 0) is 10.0 Å². The van der Waals surface area contributed by atoms with Crippen LogP contribution in [0.2, 0.25) is 0 Å². The van der Waals surface area contributed by atoms with Gasteiger partial charge in [0.1, 0.15) is 11.8 Å². The molecule has 8 heteroatoms. The van der Waals surface area contributed by atoms with E-state index in [1.54, 1.807) is 36.4 Å². The van der Waals surface area contributed by atoms with Crippen molar-refractivity contribution in [1.29, 1.82) is 5.26 Å². The predicted octanol–water partition coefficient (Wildman–Crippen LogP) is 1.17. The Kier molecular flexibility index (Phi) is 4.46. The molecule has 2 heterocycles. The zero-order valence-electron chi connectivity index (χ0n) is 13.3. The number of benzene rings is 1. The number of rotatable bonds is 3. The van der Waals surface area contributed by atoms with Gasteiger partial charge in [0.25, 0.3) is 0 Å². The van der Waals surface area contributed by atoms with Crippen molar-refractivity contribution in [3.05, 3.63) is 47.8 Å². The molecule has 1 aliphatic heterocycles. The summed E-state index contributed by atoms with van der Waals surface area (Å²) < 4.78 is 26.7. The molecule has 1 saturated heterocycles. The van der Waals surface area contributed by atoms with Crippen molar-refractivity contribution in [1.82, 2.24) is 14.3 Å². The fourth-order valence-electron chi connectivity index (χ4n) is 2.62. The number of piperazine rings is 1. The van der Waals surface area contributed by atoms with Gasteiger partial charge in [-0.3, -0.25) is 0 Å². The normalized spacial score (nSPS) is 15.9. The van der Waals surface area contributed by atoms with Crippen molar-refractivity contribution in [2.24, 2.45) is 0 Å². The molecule has 0 amide bonds. The summed E-state index contributed by atoms with van der Waals surface area (Å²) in [5.41, 5.74) is 1.03. The number of aromatic nitrogens is 2. The van der Waals surface area contributed by atoms with Crippen LogP contribution in [-0.4, -0.2) is 48.9 Å². The summed E-state index contributed by atoms with van der Waals surface area (Å²) in [4.78, 5) is 10.8. The molecule has 1 fully saturated rings. The van der Waals surface area contributed by atoms with E-state index >= 15 is 0 Å². The van der Waals surface area contributed by atoms with Crippen molar-refractivity contribution >= 4 is 16.0 Å². The minimum Gasteiger partial charge on any atom is -0.338 e. The molecule has 0 radical (unpaired) electrons. The predicted molar refractivity (Wildman–Crippen MR) is 88.9 cm³/mol. The highest BCUT2D eigenvalue weighted by Crippen LogP contribution is 2.19. The van der Waals surface area contributed by atoms with Crippen LogP contribution in [0.4, 0.5) is 5.95 Å². The lowest BCUT2D eigenvalue weighted by atomic mass is 10.3. The van der Waals surface area contributed by atoms with E-state index in [0.29, 0.717) is 42.7 Å². The van der Waals surface area contributed by atoms with E-state index in [-0.39, 0.29) is 0 Å². The van der Waals surface area contributed by atoms with Gasteiger partial charge in [0.2, 0.25) is 16.0 Å². The Labute approximate surface area is 141 Å². The Morgan fingerprint density at radius 1 is 1.08 bits per heavy atom. The van der Waals surface area contributed by atoms with Crippen LogP contribution in [0.25, 0.3) is 0 Å². The van der Waals surface area contributed by atoms with Crippen LogP contribution in [0.15, 0.2) is 41.3 Å². The van der Waals surface area contributed by atoms with Gasteiger partial charge in [-0.25, -0.2) is 18.4 Å². The highest BCUT2D eigenvalue weighted by atomic mass is 32.2. The summed E-state index contributed by atoms with van der Waals surface area (Å²) >= 11 is 0. The minimum absolute atomic E-state index is 0.303. The maximum Gasteiger partial charge on any atom is 0.243 e. The van der Waals surface area contributed by atoms with E-state index < -0.39 is 10.0 Å². The third kappa shape index (κ3) is 3.22. The largest absolute Gasteiger partial charge is 0.338 e. The van der Waals surface area contributed by atoms with E-state index in [0.717, 1.165) is 5.69 Å². The van der Waals surface area contributed by atoms with Gasteiger partial charge in [-0.05, 0) is 25.1 Å². The molecule has 1 aromatic carbocycles. The Bertz CT molecular complexity index is 869. The van der Waals surface area contributed by atoms with E-state index in [1.165, 1.54) is 4.31 Å². The zero-order chi connectivity index (χ0) is 17.2. The van der Waals surface area contributed by atoms with Crippen molar-refractivity contribution in [2.45, 2.75) is 11.8 Å². The molecule has 0 bridgehead atoms. The number of nitrogens with zero attached hydrogens (tertiary/aromatic N) is 5. The molecule has 1 aliphatic rings. The van der Waals surface area contributed by atoms with E-state index in [9.17, 15) is 8.42 Å². The molecule has 0 unspecified atom stereocenters. The molecule has 24 heavy (non-hydrogen) atoms. The zero-order valence-corrected chi connectivity index (χ0v) is 14.1. The smallest absolute Gasteiger partial charge is 0.243 e. The number of aryl methyl sites for hydroxylation is 1. The maximum atomic E-state index is 12.6. The average Bonchev–Trinajstić information content (AvgIpc) is 2.62. The molecule has 0 N–H and O–H groups in total. The standard InChI is InChI=1S/C16H17N5O2S/c1-13-11-14(12-17)19-16(18-13)20-7-9-21(10-8-20)24(22,23)15-5-3-2-4-6-15/h2-6,11H,7-10H2,1H3. The Morgan fingerprint density at radius 2 is 1.75 bits per heavy atom. The first kappa shape index (κ1) is 16.4. The quantitative estimate of drug-likeness (QED) is 0.831. The molecule has 0 aliphatic carbocycles. The van der Waals surface area contributed by atoms with Gasteiger partial charge in [0.05, 0.1) is 4.90 Å². The van der Waals surface area contributed by atoms with Crippen molar-refractivity contribution < 1.29 is 8.42 Å². The van der Waals surface area contributed by atoms with Crippen LogP contribution in [0, 0.1) is 18.3 Å². The van der Waals surface area contributed by atoms with E-state index in [4.69, 9.17) is 5.26 Å². The molecular weight excluding hydrogens is 326 g/mol. The molecule has 1 aromatic heterocycles. The van der Waals surface area contributed by atoms with Gasteiger partial charge in [0, 0.05) is 31.9 Å². The summed E-state index contributed by atoms with van der Waals surface area (Å²) in [6.07, 6.45) is 0. The number of hydrogen-bond donors (Lipinski definition) is 0. The van der Waals surface area contributed by atoms with E-state index in [1.807, 2.05) is 17.9 Å². The van der Waals surface area contributed by atoms with Crippen molar-refractivity contribution in [3.8, 4) is 6.07 Å². The van der Waals surface area contributed by atoms with Gasteiger partial charge < -0.3 is 4.90 Å². The van der Waals surface area contributed by atoms with Crippen LogP contribution < -0.4 is 4.90 Å². The topological polar surface area (TPSA) is 90.2 Å². The van der Waals surface area contributed by atoms with Crippen molar-refractivity contribution in [3.63, 3.8) is 0 Å². The summed E-state index contributed by atoms with van der Waals surface area (Å²) in [6.45, 7) is 3.50. The van der Waals surface area contributed by atoms with Gasteiger partial charge in [-0.2, -0.15) is 9.57 Å². The summed E-state index contributed by atoms with van der Waals surface area (Å²) in [5.74, 6) is 0.475. The highest BCUT2D eigenvalue weighted by molar-refractivity contribution is 7.89. The average molecular weight is 343 g/mol. The summed E-state index contributed by atoms with van der Waals surface area (Å²) in [6, 6.07) is 12.1.